The highest BCUT2D eigenvalue weighted by Gasteiger charge is 1.89. The minimum Gasteiger partial charge on any atom is -0.508 e. The van der Waals surface area contributed by atoms with Crippen LogP contribution in [-0.4, -0.2) is 10.2 Å². The maximum atomic E-state index is 9.19. The van der Waals surface area contributed by atoms with Gasteiger partial charge in [0, 0.05) is 0 Å². The van der Waals surface area contributed by atoms with Crippen LogP contribution < -0.4 is 0 Å². The zero-order valence-corrected chi connectivity index (χ0v) is 11.9. The van der Waals surface area contributed by atoms with E-state index in [0.29, 0.717) is 11.5 Å². The van der Waals surface area contributed by atoms with Crippen molar-refractivity contribution in [3.05, 3.63) is 71.8 Å². The van der Waals surface area contributed by atoms with Gasteiger partial charge >= 0.3 is 0 Å². The standard InChI is InChI=1S/C19H20O2/c20-18-12-8-16(9-13-18)6-4-2-1-3-5-7-17-10-14-19(21)15-11-17/h4-15,20-21H,1-3H2. The molecular weight excluding hydrogens is 260 g/mol. The Hall–Kier alpha value is -2.48. The number of unbranched alkanes of at least 4 members (excludes halogenated alkanes) is 2. The Morgan fingerprint density at radius 1 is 0.619 bits per heavy atom. The van der Waals surface area contributed by atoms with Gasteiger partial charge in [0.15, 0.2) is 0 Å². The number of hydrogen-bond donors (Lipinski definition) is 2. The van der Waals surface area contributed by atoms with E-state index in [0.717, 1.165) is 30.4 Å². The summed E-state index contributed by atoms with van der Waals surface area (Å²) in [5.41, 5.74) is 2.21. The molecule has 0 spiro atoms. The van der Waals surface area contributed by atoms with Crippen molar-refractivity contribution in [2.45, 2.75) is 19.3 Å². The molecule has 0 amide bonds. The van der Waals surface area contributed by atoms with Gasteiger partial charge in [-0.25, -0.2) is 0 Å². The molecule has 108 valence electrons. The molecular formula is C19H20O2. The third-order valence-corrected chi connectivity index (χ3v) is 3.15. The first-order valence-corrected chi connectivity index (χ1v) is 7.15. The number of hydrogen-bond acceptors (Lipinski definition) is 2. The fraction of sp³-hybridized carbons (Fsp3) is 0.158. The maximum Gasteiger partial charge on any atom is 0.115 e. The molecule has 2 nitrogen and oxygen atoms in total. The van der Waals surface area contributed by atoms with E-state index in [1.165, 1.54) is 0 Å². The lowest BCUT2D eigenvalue weighted by Crippen LogP contribution is -1.73. The van der Waals surface area contributed by atoms with Gasteiger partial charge in [-0.3, -0.25) is 0 Å². The number of rotatable bonds is 6. The number of benzene rings is 2. The van der Waals surface area contributed by atoms with Crippen LogP contribution in [0, 0.1) is 0 Å². The molecule has 0 saturated heterocycles. The van der Waals surface area contributed by atoms with Crippen LogP contribution >= 0.6 is 0 Å². The van der Waals surface area contributed by atoms with Gasteiger partial charge in [-0.1, -0.05) is 48.6 Å². The number of allylic oxidation sites excluding steroid dienone is 2. The number of aromatic hydroxyl groups is 2. The minimum absolute atomic E-state index is 0.298. The van der Waals surface area contributed by atoms with E-state index in [1.807, 2.05) is 24.3 Å². The Labute approximate surface area is 125 Å². The van der Waals surface area contributed by atoms with Crippen molar-refractivity contribution in [1.82, 2.24) is 0 Å². The summed E-state index contributed by atoms with van der Waals surface area (Å²) in [5, 5.41) is 18.4. The lowest BCUT2D eigenvalue weighted by atomic mass is 10.1. The lowest BCUT2D eigenvalue weighted by molar-refractivity contribution is 0.474. The van der Waals surface area contributed by atoms with Crippen LogP contribution in [0.4, 0.5) is 0 Å². The molecule has 0 aliphatic carbocycles. The molecule has 2 aromatic rings. The van der Waals surface area contributed by atoms with Crippen LogP contribution in [0.25, 0.3) is 12.2 Å². The highest BCUT2D eigenvalue weighted by Crippen LogP contribution is 2.13. The Kier molecular flexibility index (Phi) is 5.65. The van der Waals surface area contributed by atoms with E-state index < -0.39 is 0 Å². The molecule has 0 bridgehead atoms. The second-order valence-electron chi connectivity index (χ2n) is 4.92. The molecule has 0 atom stereocenters. The van der Waals surface area contributed by atoms with Gasteiger partial charge in [0.1, 0.15) is 11.5 Å². The molecule has 0 aromatic heterocycles. The molecule has 2 N–H and O–H groups in total. The van der Waals surface area contributed by atoms with E-state index >= 15 is 0 Å². The number of phenolic OH excluding ortho intramolecular Hbond substituents is 2. The molecule has 0 aliphatic rings. The molecule has 0 aliphatic heterocycles. The summed E-state index contributed by atoms with van der Waals surface area (Å²) in [6, 6.07) is 14.4. The largest absolute Gasteiger partial charge is 0.508 e. The van der Waals surface area contributed by atoms with Gasteiger partial charge in [-0.05, 0) is 54.7 Å². The third kappa shape index (κ3) is 5.57. The average Bonchev–Trinajstić information content (AvgIpc) is 2.50. The van der Waals surface area contributed by atoms with Crippen molar-refractivity contribution in [1.29, 1.82) is 0 Å². The van der Waals surface area contributed by atoms with Crippen molar-refractivity contribution in [2.24, 2.45) is 0 Å². The van der Waals surface area contributed by atoms with E-state index in [9.17, 15) is 10.2 Å². The van der Waals surface area contributed by atoms with Gasteiger partial charge in [0.05, 0.1) is 0 Å². The Balaban J connectivity index is 1.67. The summed E-state index contributed by atoms with van der Waals surface area (Å²) in [7, 11) is 0. The summed E-state index contributed by atoms with van der Waals surface area (Å²) in [5.74, 6) is 0.595. The van der Waals surface area contributed by atoms with Crippen molar-refractivity contribution in [3.8, 4) is 11.5 Å². The second-order valence-corrected chi connectivity index (χ2v) is 4.92. The van der Waals surface area contributed by atoms with Crippen LogP contribution in [0.2, 0.25) is 0 Å². The smallest absolute Gasteiger partial charge is 0.115 e. The molecule has 0 heterocycles. The van der Waals surface area contributed by atoms with Gasteiger partial charge in [0.25, 0.3) is 0 Å². The van der Waals surface area contributed by atoms with Crippen LogP contribution in [0.5, 0.6) is 11.5 Å². The normalized spacial score (nSPS) is 11.4. The first-order valence-electron chi connectivity index (χ1n) is 7.15. The van der Waals surface area contributed by atoms with Gasteiger partial charge in [-0.15, -0.1) is 0 Å². The topological polar surface area (TPSA) is 40.5 Å². The first-order chi connectivity index (χ1) is 10.2. The third-order valence-electron chi connectivity index (χ3n) is 3.15. The lowest BCUT2D eigenvalue weighted by Gasteiger charge is -1.95. The highest BCUT2D eigenvalue weighted by molar-refractivity contribution is 5.51. The Morgan fingerprint density at radius 2 is 1.00 bits per heavy atom. The van der Waals surface area contributed by atoms with Crippen molar-refractivity contribution < 1.29 is 10.2 Å². The zero-order chi connectivity index (χ0) is 14.9. The van der Waals surface area contributed by atoms with Crippen molar-refractivity contribution in [3.63, 3.8) is 0 Å². The van der Waals surface area contributed by atoms with E-state index in [-0.39, 0.29) is 0 Å². The van der Waals surface area contributed by atoms with Crippen LogP contribution in [0.3, 0.4) is 0 Å². The van der Waals surface area contributed by atoms with E-state index in [4.69, 9.17) is 0 Å². The molecule has 0 fully saturated rings. The Bertz CT molecular complexity index is 537. The zero-order valence-electron chi connectivity index (χ0n) is 11.9. The van der Waals surface area contributed by atoms with Crippen LogP contribution in [-0.2, 0) is 0 Å². The second kappa shape index (κ2) is 7.95. The summed E-state index contributed by atoms with van der Waals surface area (Å²) in [6.07, 6.45) is 11.6. The minimum atomic E-state index is 0.298. The summed E-state index contributed by atoms with van der Waals surface area (Å²) >= 11 is 0. The van der Waals surface area contributed by atoms with Crippen molar-refractivity contribution in [2.75, 3.05) is 0 Å². The van der Waals surface area contributed by atoms with Crippen LogP contribution in [0.15, 0.2) is 60.7 Å². The molecule has 0 radical (unpaired) electrons. The number of phenols is 2. The highest BCUT2D eigenvalue weighted by atomic mass is 16.3. The molecule has 2 rings (SSSR count). The summed E-state index contributed by atoms with van der Waals surface area (Å²) < 4.78 is 0. The molecule has 2 aromatic carbocycles. The monoisotopic (exact) mass is 280 g/mol. The van der Waals surface area contributed by atoms with E-state index in [1.54, 1.807) is 24.3 Å². The predicted octanol–water partition coefficient (Wildman–Crippen LogP) is 4.99. The SMILES string of the molecule is Oc1ccc(C=CCCCC=Cc2ccc(O)cc2)cc1. The molecule has 0 saturated carbocycles. The van der Waals surface area contributed by atoms with Gasteiger partial charge in [0.2, 0.25) is 0 Å². The summed E-state index contributed by atoms with van der Waals surface area (Å²) in [4.78, 5) is 0. The first kappa shape index (κ1) is 14.9. The maximum absolute atomic E-state index is 9.19. The van der Waals surface area contributed by atoms with Gasteiger partial charge in [-0.2, -0.15) is 0 Å². The average molecular weight is 280 g/mol. The fourth-order valence-electron chi connectivity index (χ4n) is 1.96. The fourth-order valence-corrected chi connectivity index (χ4v) is 1.96. The van der Waals surface area contributed by atoms with Crippen LogP contribution in [0.1, 0.15) is 30.4 Å². The predicted molar refractivity (Wildman–Crippen MR) is 88.1 cm³/mol. The molecule has 21 heavy (non-hydrogen) atoms. The Morgan fingerprint density at radius 3 is 1.38 bits per heavy atom. The molecule has 0 unspecified atom stereocenters. The quantitative estimate of drug-likeness (QED) is 0.731. The van der Waals surface area contributed by atoms with Gasteiger partial charge < -0.3 is 10.2 Å². The van der Waals surface area contributed by atoms with E-state index in [2.05, 4.69) is 24.3 Å². The van der Waals surface area contributed by atoms with Crippen molar-refractivity contribution >= 4 is 12.2 Å². The molecule has 2 heteroatoms. The summed E-state index contributed by atoms with van der Waals surface area (Å²) in [6.45, 7) is 0.